The van der Waals surface area contributed by atoms with E-state index in [0.29, 0.717) is 17.9 Å². The van der Waals surface area contributed by atoms with Gasteiger partial charge >= 0.3 is 0 Å². The van der Waals surface area contributed by atoms with Gasteiger partial charge in [0, 0.05) is 18.0 Å². The van der Waals surface area contributed by atoms with E-state index in [0.717, 1.165) is 24.2 Å². The average molecular weight is 356 g/mol. The van der Waals surface area contributed by atoms with Crippen molar-refractivity contribution in [3.63, 3.8) is 0 Å². The molecular formula is C19H21FN4O2. The number of nitrogens with one attached hydrogen (secondary N) is 1. The molecular weight excluding hydrogens is 335 g/mol. The highest BCUT2D eigenvalue weighted by molar-refractivity contribution is 5.90. The first kappa shape index (κ1) is 16.8. The van der Waals surface area contributed by atoms with Crippen LogP contribution in [0.25, 0.3) is 10.9 Å². The molecule has 1 aliphatic rings. The van der Waals surface area contributed by atoms with E-state index in [1.165, 1.54) is 32.3 Å². The fraction of sp³-hybridized carbons (Fsp3) is 0.368. The van der Waals surface area contributed by atoms with Crippen molar-refractivity contribution < 1.29 is 13.5 Å². The summed E-state index contributed by atoms with van der Waals surface area (Å²) in [6.07, 6.45) is 5.54. The Kier molecular flexibility index (Phi) is 4.71. The van der Waals surface area contributed by atoms with E-state index in [4.69, 9.17) is 9.15 Å². The number of nitrogens with zero attached hydrogens (tertiary/aromatic N) is 3. The van der Waals surface area contributed by atoms with Gasteiger partial charge in [0.1, 0.15) is 17.9 Å². The fourth-order valence-corrected chi connectivity index (χ4v) is 3.49. The van der Waals surface area contributed by atoms with Crippen molar-refractivity contribution in [2.24, 2.45) is 0 Å². The molecule has 0 bridgehead atoms. The van der Waals surface area contributed by atoms with Gasteiger partial charge in [0.15, 0.2) is 11.6 Å². The third kappa shape index (κ3) is 3.22. The van der Waals surface area contributed by atoms with Gasteiger partial charge in [-0.05, 0) is 44.1 Å². The molecule has 136 valence electrons. The van der Waals surface area contributed by atoms with E-state index < -0.39 is 5.82 Å². The minimum absolute atomic E-state index is 0.125. The van der Waals surface area contributed by atoms with E-state index in [1.54, 1.807) is 12.3 Å². The smallest absolute Gasteiger partial charge is 0.167 e. The molecule has 0 amide bonds. The zero-order valence-electron chi connectivity index (χ0n) is 14.6. The van der Waals surface area contributed by atoms with Crippen LogP contribution >= 0.6 is 0 Å². The minimum Gasteiger partial charge on any atom is -0.494 e. The number of benzene rings is 1. The summed E-state index contributed by atoms with van der Waals surface area (Å²) in [5.74, 6) is 1.33. The third-order valence-electron chi connectivity index (χ3n) is 4.82. The van der Waals surface area contributed by atoms with Crippen LogP contribution in [0, 0.1) is 5.82 Å². The molecule has 1 atom stereocenters. The number of halogens is 1. The summed E-state index contributed by atoms with van der Waals surface area (Å²) in [6.45, 7) is 2.74. The number of hydrogen-bond donors (Lipinski definition) is 1. The summed E-state index contributed by atoms with van der Waals surface area (Å²) in [5, 5.41) is 4.12. The first-order chi connectivity index (χ1) is 12.8. The lowest BCUT2D eigenvalue weighted by Crippen LogP contribution is -2.31. The quantitative estimate of drug-likeness (QED) is 0.728. The van der Waals surface area contributed by atoms with Crippen LogP contribution in [0.5, 0.6) is 5.75 Å². The van der Waals surface area contributed by atoms with Crippen LogP contribution in [-0.4, -0.2) is 41.6 Å². The molecule has 2 aromatic heterocycles. The Morgan fingerprint density at radius 3 is 2.88 bits per heavy atom. The van der Waals surface area contributed by atoms with Crippen molar-refractivity contribution in [3.8, 4) is 5.75 Å². The summed E-state index contributed by atoms with van der Waals surface area (Å²) in [5.41, 5.74) is 0.538. The second kappa shape index (κ2) is 7.29. The number of fused-ring (bicyclic) bond motifs is 1. The lowest BCUT2D eigenvalue weighted by molar-refractivity contribution is 0.225. The molecule has 0 aliphatic carbocycles. The zero-order chi connectivity index (χ0) is 17.9. The molecule has 0 spiro atoms. The van der Waals surface area contributed by atoms with Crippen molar-refractivity contribution in [2.75, 3.05) is 32.1 Å². The van der Waals surface area contributed by atoms with E-state index in [1.807, 2.05) is 12.1 Å². The average Bonchev–Trinajstić information content (AvgIpc) is 3.36. The normalized spacial score (nSPS) is 16.1. The van der Waals surface area contributed by atoms with Gasteiger partial charge in [-0.2, -0.15) is 0 Å². The first-order valence-electron chi connectivity index (χ1n) is 8.76. The topological polar surface area (TPSA) is 63.4 Å². The fourth-order valence-electron chi connectivity index (χ4n) is 3.49. The number of ether oxygens (including phenoxy) is 1. The maximum atomic E-state index is 13.9. The van der Waals surface area contributed by atoms with Crippen LogP contribution in [0.2, 0.25) is 0 Å². The molecule has 1 saturated heterocycles. The largest absolute Gasteiger partial charge is 0.494 e. The number of anilines is 1. The van der Waals surface area contributed by atoms with Gasteiger partial charge < -0.3 is 14.5 Å². The van der Waals surface area contributed by atoms with Gasteiger partial charge in [0.2, 0.25) is 0 Å². The van der Waals surface area contributed by atoms with Crippen LogP contribution in [0.4, 0.5) is 10.2 Å². The molecule has 1 unspecified atom stereocenters. The number of methoxy groups -OCH3 is 1. The van der Waals surface area contributed by atoms with E-state index in [9.17, 15) is 4.39 Å². The lowest BCUT2D eigenvalue weighted by atomic mass is 10.1. The van der Waals surface area contributed by atoms with Gasteiger partial charge in [-0.15, -0.1) is 0 Å². The summed E-state index contributed by atoms with van der Waals surface area (Å²) in [6, 6.07) is 7.03. The van der Waals surface area contributed by atoms with Crippen molar-refractivity contribution >= 4 is 16.7 Å². The summed E-state index contributed by atoms with van der Waals surface area (Å²) in [7, 11) is 1.45. The van der Waals surface area contributed by atoms with E-state index >= 15 is 0 Å². The molecule has 1 N–H and O–H groups in total. The van der Waals surface area contributed by atoms with Gasteiger partial charge in [-0.1, -0.05) is 0 Å². The Labute approximate surface area is 151 Å². The molecule has 3 heterocycles. The Balaban J connectivity index is 1.61. The zero-order valence-corrected chi connectivity index (χ0v) is 14.6. The lowest BCUT2D eigenvalue weighted by Gasteiger charge is -2.26. The molecule has 26 heavy (non-hydrogen) atoms. The monoisotopic (exact) mass is 356 g/mol. The molecule has 7 heteroatoms. The van der Waals surface area contributed by atoms with Gasteiger partial charge in [-0.3, -0.25) is 4.90 Å². The van der Waals surface area contributed by atoms with Crippen molar-refractivity contribution in [1.82, 2.24) is 14.9 Å². The number of hydrogen-bond acceptors (Lipinski definition) is 6. The Morgan fingerprint density at radius 1 is 1.31 bits per heavy atom. The summed E-state index contributed by atoms with van der Waals surface area (Å²) >= 11 is 0. The second-order valence-corrected chi connectivity index (χ2v) is 6.38. The summed E-state index contributed by atoms with van der Waals surface area (Å²) in [4.78, 5) is 10.9. The van der Waals surface area contributed by atoms with Crippen LogP contribution in [0.1, 0.15) is 24.6 Å². The Bertz CT molecular complexity index is 879. The highest BCUT2D eigenvalue weighted by atomic mass is 19.1. The standard InChI is InChI=1S/C19H21FN4O2/c1-25-18-9-13-15(10-14(18)20)22-12-23-19(13)21-11-16(17-5-4-8-26-17)24-6-2-3-7-24/h4-5,8-10,12,16H,2-3,6-7,11H2,1H3,(H,21,22,23). The molecule has 1 aliphatic heterocycles. The van der Waals surface area contributed by atoms with Crippen molar-refractivity contribution in [2.45, 2.75) is 18.9 Å². The molecule has 1 fully saturated rings. The Morgan fingerprint density at radius 2 is 2.15 bits per heavy atom. The van der Waals surface area contributed by atoms with Crippen LogP contribution in [-0.2, 0) is 0 Å². The second-order valence-electron chi connectivity index (χ2n) is 6.38. The number of rotatable bonds is 6. The number of aromatic nitrogens is 2. The molecule has 0 saturated carbocycles. The molecule has 3 aromatic rings. The highest BCUT2D eigenvalue weighted by Gasteiger charge is 2.25. The molecule has 4 rings (SSSR count). The van der Waals surface area contributed by atoms with E-state index in [2.05, 4.69) is 20.2 Å². The summed E-state index contributed by atoms with van der Waals surface area (Å²) < 4.78 is 24.7. The molecule has 1 aromatic carbocycles. The van der Waals surface area contributed by atoms with Crippen LogP contribution in [0.3, 0.4) is 0 Å². The minimum atomic E-state index is -0.435. The van der Waals surface area contributed by atoms with Crippen molar-refractivity contribution in [1.29, 1.82) is 0 Å². The van der Waals surface area contributed by atoms with Gasteiger partial charge in [-0.25, -0.2) is 14.4 Å². The maximum Gasteiger partial charge on any atom is 0.167 e. The highest BCUT2D eigenvalue weighted by Crippen LogP contribution is 2.29. The van der Waals surface area contributed by atoms with Crippen LogP contribution in [0.15, 0.2) is 41.3 Å². The number of likely N-dealkylation sites (tertiary alicyclic amines) is 1. The van der Waals surface area contributed by atoms with Gasteiger partial charge in [0.05, 0.1) is 24.9 Å². The number of furan rings is 1. The SMILES string of the molecule is COc1cc2c(NCC(c3ccco3)N3CCCC3)ncnc2cc1F. The maximum absolute atomic E-state index is 13.9. The first-order valence-corrected chi connectivity index (χ1v) is 8.76. The molecule has 6 nitrogen and oxygen atoms in total. The predicted octanol–water partition coefficient (Wildman–Crippen LogP) is 3.62. The Hall–Kier alpha value is -2.67. The molecule has 0 radical (unpaired) electrons. The van der Waals surface area contributed by atoms with Crippen LogP contribution < -0.4 is 10.1 Å². The van der Waals surface area contributed by atoms with Crippen molar-refractivity contribution in [3.05, 3.63) is 48.4 Å². The predicted molar refractivity (Wildman–Crippen MR) is 96.8 cm³/mol. The van der Waals surface area contributed by atoms with Gasteiger partial charge in [0.25, 0.3) is 0 Å². The van der Waals surface area contributed by atoms with E-state index in [-0.39, 0.29) is 11.8 Å². The third-order valence-corrected chi connectivity index (χ3v) is 4.82.